The van der Waals surface area contributed by atoms with Crippen molar-refractivity contribution in [1.82, 2.24) is 0 Å². The van der Waals surface area contributed by atoms with E-state index < -0.39 is 22.2 Å². The first-order valence-corrected chi connectivity index (χ1v) is 5.52. The van der Waals surface area contributed by atoms with Gasteiger partial charge < -0.3 is 9.84 Å². The monoisotopic (exact) mass is 281 g/mol. The number of aliphatic hydroxyl groups excluding tert-OH is 1. The summed E-state index contributed by atoms with van der Waals surface area (Å²) >= 11 is 0. The van der Waals surface area contributed by atoms with E-state index in [1.165, 1.54) is 18.2 Å². The average molecular weight is 281 g/mol. The highest BCUT2D eigenvalue weighted by molar-refractivity contribution is 5.40. The zero-order valence-electron chi connectivity index (χ0n) is 10.0. The SMILES string of the molecule is O=[N+]([O-])c1ccc(Oc2ccc(CO)cc2F)cc1F. The van der Waals surface area contributed by atoms with E-state index >= 15 is 0 Å². The fourth-order valence-electron chi connectivity index (χ4n) is 1.55. The van der Waals surface area contributed by atoms with Crippen molar-refractivity contribution in [3.63, 3.8) is 0 Å². The Labute approximate surface area is 112 Å². The van der Waals surface area contributed by atoms with Crippen LogP contribution in [-0.4, -0.2) is 10.0 Å². The first kappa shape index (κ1) is 13.9. The van der Waals surface area contributed by atoms with Crippen LogP contribution in [0.4, 0.5) is 14.5 Å². The highest BCUT2D eigenvalue weighted by atomic mass is 19.1. The van der Waals surface area contributed by atoms with Crippen molar-refractivity contribution in [3.8, 4) is 11.5 Å². The van der Waals surface area contributed by atoms with Gasteiger partial charge in [0.15, 0.2) is 11.6 Å². The molecule has 5 nitrogen and oxygen atoms in total. The Morgan fingerprint density at radius 3 is 2.45 bits per heavy atom. The van der Waals surface area contributed by atoms with E-state index in [2.05, 4.69) is 0 Å². The van der Waals surface area contributed by atoms with Crippen LogP contribution >= 0.6 is 0 Å². The molecule has 0 spiro atoms. The predicted octanol–water partition coefficient (Wildman–Crippen LogP) is 3.16. The molecule has 2 aromatic rings. The quantitative estimate of drug-likeness (QED) is 0.690. The molecule has 104 valence electrons. The van der Waals surface area contributed by atoms with Gasteiger partial charge in [-0.2, -0.15) is 4.39 Å². The third-order valence-electron chi connectivity index (χ3n) is 2.52. The van der Waals surface area contributed by atoms with E-state index in [0.29, 0.717) is 5.56 Å². The van der Waals surface area contributed by atoms with Gasteiger partial charge in [-0.1, -0.05) is 6.07 Å². The summed E-state index contributed by atoms with van der Waals surface area (Å²) in [6.07, 6.45) is 0. The Morgan fingerprint density at radius 1 is 1.15 bits per heavy atom. The van der Waals surface area contributed by atoms with Gasteiger partial charge >= 0.3 is 5.69 Å². The van der Waals surface area contributed by atoms with E-state index in [1.807, 2.05) is 0 Å². The summed E-state index contributed by atoms with van der Waals surface area (Å²) in [6.45, 7) is -0.316. The first-order valence-electron chi connectivity index (χ1n) is 5.52. The maximum absolute atomic E-state index is 13.6. The lowest BCUT2D eigenvalue weighted by molar-refractivity contribution is -0.387. The van der Waals surface area contributed by atoms with Crippen LogP contribution in [0.2, 0.25) is 0 Å². The summed E-state index contributed by atoms with van der Waals surface area (Å²) in [4.78, 5) is 9.59. The van der Waals surface area contributed by atoms with E-state index in [0.717, 1.165) is 18.2 Å². The standard InChI is InChI=1S/C13H9F2NO4/c14-10-6-9(2-3-12(10)16(18)19)20-13-4-1-8(7-17)5-11(13)15/h1-6,17H,7H2. The van der Waals surface area contributed by atoms with Gasteiger partial charge in [-0.3, -0.25) is 10.1 Å². The van der Waals surface area contributed by atoms with Crippen LogP contribution in [-0.2, 0) is 6.61 Å². The van der Waals surface area contributed by atoms with E-state index in [4.69, 9.17) is 9.84 Å². The average Bonchev–Trinajstić information content (AvgIpc) is 2.40. The van der Waals surface area contributed by atoms with Gasteiger partial charge in [0.2, 0.25) is 5.82 Å². The molecule has 0 aliphatic rings. The lowest BCUT2D eigenvalue weighted by Crippen LogP contribution is -1.95. The number of rotatable bonds is 4. The second kappa shape index (κ2) is 5.62. The second-order valence-electron chi connectivity index (χ2n) is 3.90. The van der Waals surface area contributed by atoms with Crippen LogP contribution in [0, 0.1) is 21.7 Å². The van der Waals surface area contributed by atoms with Crippen LogP contribution < -0.4 is 4.74 Å². The van der Waals surface area contributed by atoms with Crippen LogP contribution in [0.5, 0.6) is 11.5 Å². The van der Waals surface area contributed by atoms with Gasteiger partial charge in [0.05, 0.1) is 11.5 Å². The molecule has 0 saturated carbocycles. The fourth-order valence-corrected chi connectivity index (χ4v) is 1.55. The summed E-state index contributed by atoms with van der Waals surface area (Å²) in [5, 5.41) is 19.3. The van der Waals surface area contributed by atoms with Gasteiger partial charge in [0.25, 0.3) is 0 Å². The lowest BCUT2D eigenvalue weighted by Gasteiger charge is -2.07. The lowest BCUT2D eigenvalue weighted by atomic mass is 10.2. The van der Waals surface area contributed by atoms with Crippen LogP contribution in [0.25, 0.3) is 0 Å². The van der Waals surface area contributed by atoms with Crippen molar-refractivity contribution in [1.29, 1.82) is 0 Å². The van der Waals surface area contributed by atoms with E-state index in [9.17, 15) is 18.9 Å². The Bertz CT molecular complexity index is 661. The predicted molar refractivity (Wildman–Crippen MR) is 65.5 cm³/mol. The normalized spacial score (nSPS) is 10.3. The molecule has 0 bridgehead atoms. The minimum Gasteiger partial charge on any atom is -0.454 e. The number of hydrogen-bond donors (Lipinski definition) is 1. The Hall–Kier alpha value is -2.54. The van der Waals surface area contributed by atoms with Crippen LogP contribution in [0.3, 0.4) is 0 Å². The molecule has 0 fully saturated rings. The third kappa shape index (κ3) is 2.89. The molecular formula is C13H9F2NO4. The summed E-state index contributed by atoms with van der Waals surface area (Å²) in [5.74, 6) is -2.03. The first-order chi connectivity index (χ1) is 9.51. The molecule has 0 amide bonds. The molecule has 7 heteroatoms. The zero-order valence-corrected chi connectivity index (χ0v) is 10.0. The molecule has 0 aliphatic carbocycles. The molecule has 2 aromatic carbocycles. The molecule has 0 radical (unpaired) electrons. The zero-order chi connectivity index (χ0) is 14.7. The van der Waals surface area contributed by atoms with Crippen molar-refractivity contribution in [2.75, 3.05) is 0 Å². The van der Waals surface area contributed by atoms with Gasteiger partial charge in [0.1, 0.15) is 5.75 Å². The summed E-state index contributed by atoms with van der Waals surface area (Å²) in [5.41, 5.74) is -0.321. The van der Waals surface area contributed by atoms with Gasteiger partial charge in [0, 0.05) is 12.1 Å². The van der Waals surface area contributed by atoms with Crippen LogP contribution in [0.15, 0.2) is 36.4 Å². The third-order valence-corrected chi connectivity index (χ3v) is 2.52. The molecule has 0 unspecified atom stereocenters. The number of hydrogen-bond acceptors (Lipinski definition) is 4. The Morgan fingerprint density at radius 2 is 1.90 bits per heavy atom. The van der Waals surface area contributed by atoms with Crippen molar-refractivity contribution in [3.05, 3.63) is 63.7 Å². The molecule has 0 aliphatic heterocycles. The van der Waals surface area contributed by atoms with E-state index in [-0.39, 0.29) is 18.1 Å². The molecular weight excluding hydrogens is 272 g/mol. The highest BCUT2D eigenvalue weighted by Gasteiger charge is 2.15. The van der Waals surface area contributed by atoms with Crippen molar-refractivity contribution in [2.24, 2.45) is 0 Å². The van der Waals surface area contributed by atoms with E-state index in [1.54, 1.807) is 0 Å². The minimum atomic E-state index is -1.07. The molecule has 0 atom stereocenters. The number of ether oxygens (including phenoxy) is 1. The molecule has 1 N–H and O–H groups in total. The highest BCUT2D eigenvalue weighted by Crippen LogP contribution is 2.28. The van der Waals surface area contributed by atoms with Crippen molar-refractivity contribution < 1.29 is 23.5 Å². The molecule has 20 heavy (non-hydrogen) atoms. The Kier molecular flexibility index (Phi) is 3.90. The van der Waals surface area contributed by atoms with Gasteiger partial charge in [-0.05, 0) is 23.8 Å². The number of benzene rings is 2. The minimum absolute atomic E-state index is 0.0660. The summed E-state index contributed by atoms with van der Waals surface area (Å²) < 4.78 is 32.1. The number of halogens is 2. The molecule has 0 saturated heterocycles. The topological polar surface area (TPSA) is 72.6 Å². The number of nitrogens with zero attached hydrogens (tertiary/aromatic N) is 1. The maximum atomic E-state index is 13.6. The summed E-state index contributed by atoms with van der Waals surface area (Å²) in [6, 6.07) is 6.71. The molecule has 2 rings (SSSR count). The fraction of sp³-hybridized carbons (Fsp3) is 0.0769. The maximum Gasteiger partial charge on any atom is 0.305 e. The summed E-state index contributed by atoms with van der Waals surface area (Å²) in [7, 11) is 0. The smallest absolute Gasteiger partial charge is 0.305 e. The number of aliphatic hydroxyl groups is 1. The molecule has 0 heterocycles. The van der Waals surface area contributed by atoms with Crippen molar-refractivity contribution in [2.45, 2.75) is 6.61 Å². The van der Waals surface area contributed by atoms with Gasteiger partial charge in [-0.25, -0.2) is 4.39 Å². The largest absolute Gasteiger partial charge is 0.454 e. The van der Waals surface area contributed by atoms with Crippen LogP contribution in [0.1, 0.15) is 5.56 Å². The second-order valence-corrected chi connectivity index (χ2v) is 3.90. The Balaban J connectivity index is 2.26. The van der Waals surface area contributed by atoms with Gasteiger partial charge in [-0.15, -0.1) is 0 Å². The molecule has 0 aromatic heterocycles. The van der Waals surface area contributed by atoms with Crippen molar-refractivity contribution >= 4 is 5.69 Å². The number of nitro benzene ring substituents is 1. The number of nitro groups is 1.